The lowest BCUT2D eigenvalue weighted by molar-refractivity contribution is -0.122. The summed E-state index contributed by atoms with van der Waals surface area (Å²) < 4.78 is 0. The van der Waals surface area contributed by atoms with Crippen LogP contribution in [0.25, 0.3) is 0 Å². The van der Waals surface area contributed by atoms with Gasteiger partial charge in [-0.05, 0) is 52.1 Å². The van der Waals surface area contributed by atoms with Gasteiger partial charge in [-0.25, -0.2) is 0 Å². The van der Waals surface area contributed by atoms with Gasteiger partial charge in [-0.15, -0.1) is 0 Å². The van der Waals surface area contributed by atoms with Crippen molar-refractivity contribution in [3.63, 3.8) is 0 Å². The van der Waals surface area contributed by atoms with Gasteiger partial charge in [0.05, 0.1) is 5.54 Å². The molecule has 0 radical (unpaired) electrons. The van der Waals surface area contributed by atoms with Crippen LogP contribution in [0.2, 0.25) is 0 Å². The molecule has 0 aromatic rings. The molecule has 0 heterocycles. The van der Waals surface area contributed by atoms with Gasteiger partial charge in [-0.2, -0.15) is 0 Å². The maximum Gasteiger partial charge on any atom is 0.237 e. The Balaban J connectivity index is 2.24. The third kappa shape index (κ3) is 5.49. The lowest BCUT2D eigenvalue weighted by atomic mass is 9.93. The topological polar surface area (TPSA) is 72.3 Å². The monoisotopic (exact) mass is 269 g/mol. The summed E-state index contributed by atoms with van der Waals surface area (Å²) in [4.78, 5) is 13.7. The van der Waals surface area contributed by atoms with Crippen LogP contribution in [0.1, 0.15) is 65.2 Å². The fourth-order valence-corrected chi connectivity index (χ4v) is 2.98. The molecule has 1 fully saturated rings. The number of rotatable bonds is 8. The van der Waals surface area contributed by atoms with Crippen LogP contribution in [0.4, 0.5) is 0 Å². The molecule has 1 amide bonds. The molecule has 0 aromatic carbocycles. The first-order chi connectivity index (χ1) is 8.97. The van der Waals surface area contributed by atoms with Crippen molar-refractivity contribution in [2.45, 2.75) is 76.8 Å². The average molecular weight is 269 g/mol. The van der Waals surface area contributed by atoms with Gasteiger partial charge < -0.3 is 16.4 Å². The zero-order chi connectivity index (χ0) is 14.3. The number of nitrogens with two attached hydrogens (primary N) is 2. The molecule has 1 rings (SSSR count). The molecule has 19 heavy (non-hydrogen) atoms. The Bertz CT molecular complexity index is 273. The number of amides is 1. The molecule has 0 spiro atoms. The largest absolute Gasteiger partial charge is 0.368 e. The van der Waals surface area contributed by atoms with Gasteiger partial charge in [-0.1, -0.05) is 26.2 Å². The molecule has 1 atom stereocenters. The molecular formula is C15H31N3O. The van der Waals surface area contributed by atoms with E-state index in [-0.39, 0.29) is 0 Å². The highest BCUT2D eigenvalue weighted by Crippen LogP contribution is 2.23. The van der Waals surface area contributed by atoms with Crippen LogP contribution in [0.5, 0.6) is 0 Å². The highest BCUT2D eigenvalue weighted by Gasteiger charge is 2.25. The second kappa shape index (κ2) is 7.85. The molecule has 112 valence electrons. The predicted octanol–water partition coefficient (Wildman–Crippen LogP) is 2.01. The molecule has 4 N–H and O–H groups in total. The summed E-state index contributed by atoms with van der Waals surface area (Å²) in [6.45, 7) is 6.22. The van der Waals surface area contributed by atoms with Crippen LogP contribution in [0, 0.1) is 0 Å². The van der Waals surface area contributed by atoms with Crippen LogP contribution in [-0.2, 0) is 4.79 Å². The lowest BCUT2D eigenvalue weighted by Crippen LogP contribution is -2.49. The number of carbonyl (C=O) groups is 1. The Morgan fingerprint density at radius 3 is 2.42 bits per heavy atom. The van der Waals surface area contributed by atoms with Crippen LogP contribution in [0.15, 0.2) is 0 Å². The zero-order valence-corrected chi connectivity index (χ0v) is 12.7. The number of nitrogens with zero attached hydrogens (tertiary/aromatic N) is 1. The quantitative estimate of drug-likeness (QED) is 0.662. The molecule has 0 aromatic heterocycles. The smallest absolute Gasteiger partial charge is 0.237 e. The summed E-state index contributed by atoms with van der Waals surface area (Å²) >= 11 is 0. The van der Waals surface area contributed by atoms with Gasteiger partial charge in [0.25, 0.3) is 0 Å². The van der Waals surface area contributed by atoms with E-state index in [1.54, 1.807) is 6.92 Å². The first-order valence-electron chi connectivity index (χ1n) is 7.80. The molecule has 1 aliphatic carbocycles. The molecule has 0 saturated heterocycles. The van der Waals surface area contributed by atoms with Crippen LogP contribution < -0.4 is 11.5 Å². The molecule has 0 bridgehead atoms. The summed E-state index contributed by atoms with van der Waals surface area (Å²) in [6.07, 6.45) is 9.62. The van der Waals surface area contributed by atoms with Crippen LogP contribution in [-0.4, -0.2) is 35.5 Å². The lowest BCUT2D eigenvalue weighted by Gasteiger charge is -2.33. The van der Waals surface area contributed by atoms with Gasteiger partial charge in [0, 0.05) is 6.04 Å². The van der Waals surface area contributed by atoms with Gasteiger partial charge in [-0.3, -0.25) is 4.79 Å². The van der Waals surface area contributed by atoms with E-state index in [0.717, 1.165) is 32.0 Å². The zero-order valence-electron chi connectivity index (χ0n) is 12.7. The Kier molecular flexibility index (Phi) is 6.80. The minimum absolute atomic E-state index is 0.396. The van der Waals surface area contributed by atoms with Crippen LogP contribution >= 0.6 is 0 Å². The van der Waals surface area contributed by atoms with Crippen LogP contribution in [0.3, 0.4) is 0 Å². The van der Waals surface area contributed by atoms with E-state index < -0.39 is 11.4 Å². The number of carbonyl (C=O) groups excluding carboxylic acids is 1. The molecule has 4 heteroatoms. The van der Waals surface area contributed by atoms with E-state index in [0.29, 0.717) is 6.42 Å². The van der Waals surface area contributed by atoms with Crippen molar-refractivity contribution >= 4 is 5.91 Å². The summed E-state index contributed by atoms with van der Waals surface area (Å²) in [5, 5.41) is 0. The first kappa shape index (κ1) is 16.4. The Morgan fingerprint density at radius 1 is 1.26 bits per heavy atom. The number of hydrogen-bond acceptors (Lipinski definition) is 3. The maximum absolute atomic E-state index is 11.1. The second-order valence-electron chi connectivity index (χ2n) is 6.16. The normalized spacial score (nSPS) is 20.4. The highest BCUT2D eigenvalue weighted by molar-refractivity contribution is 5.83. The van der Waals surface area contributed by atoms with E-state index in [1.807, 2.05) is 0 Å². The molecule has 1 aliphatic rings. The molecule has 1 saturated carbocycles. The minimum atomic E-state index is -0.845. The first-order valence-corrected chi connectivity index (χ1v) is 7.80. The van der Waals surface area contributed by atoms with E-state index in [2.05, 4.69) is 11.8 Å². The Morgan fingerprint density at radius 2 is 1.89 bits per heavy atom. The van der Waals surface area contributed by atoms with E-state index >= 15 is 0 Å². The molecule has 1 unspecified atom stereocenters. The molecule has 0 aliphatic heterocycles. The predicted molar refractivity (Wildman–Crippen MR) is 79.8 cm³/mol. The van der Waals surface area contributed by atoms with Crippen molar-refractivity contribution in [3.8, 4) is 0 Å². The fraction of sp³-hybridized carbons (Fsp3) is 0.933. The van der Waals surface area contributed by atoms with Crippen molar-refractivity contribution < 1.29 is 4.79 Å². The fourth-order valence-electron chi connectivity index (χ4n) is 2.98. The van der Waals surface area contributed by atoms with Gasteiger partial charge in [0.15, 0.2) is 0 Å². The Hall–Kier alpha value is -0.610. The van der Waals surface area contributed by atoms with Crippen molar-refractivity contribution in [1.29, 1.82) is 0 Å². The van der Waals surface area contributed by atoms with Crippen molar-refractivity contribution in [2.75, 3.05) is 13.1 Å². The number of unbranched alkanes of at least 4 members (excludes halogenated alkanes) is 1. The van der Waals surface area contributed by atoms with Gasteiger partial charge >= 0.3 is 0 Å². The second-order valence-corrected chi connectivity index (χ2v) is 6.16. The Labute approximate surface area is 117 Å². The van der Waals surface area contributed by atoms with E-state index in [9.17, 15) is 4.79 Å². The standard InChI is InChI=1S/C15H31N3O/c1-3-18(13-9-5-4-6-10-13)12-8-7-11-15(2,17)14(16)19/h13H,3-12,17H2,1-2H3,(H2,16,19). The molecular weight excluding hydrogens is 238 g/mol. The van der Waals surface area contributed by atoms with E-state index in [4.69, 9.17) is 11.5 Å². The summed E-state index contributed by atoms with van der Waals surface area (Å²) in [5.74, 6) is -0.396. The summed E-state index contributed by atoms with van der Waals surface area (Å²) in [7, 11) is 0. The summed E-state index contributed by atoms with van der Waals surface area (Å²) in [6, 6.07) is 0.777. The van der Waals surface area contributed by atoms with Crippen molar-refractivity contribution in [1.82, 2.24) is 4.90 Å². The average Bonchev–Trinajstić information content (AvgIpc) is 2.39. The molecule has 4 nitrogen and oxygen atoms in total. The van der Waals surface area contributed by atoms with Crippen molar-refractivity contribution in [2.24, 2.45) is 11.5 Å². The van der Waals surface area contributed by atoms with Gasteiger partial charge in [0.2, 0.25) is 5.91 Å². The maximum atomic E-state index is 11.1. The minimum Gasteiger partial charge on any atom is -0.368 e. The SMILES string of the molecule is CCN(CCCCC(C)(N)C(N)=O)C1CCCCC1. The number of primary amides is 1. The summed E-state index contributed by atoms with van der Waals surface area (Å²) in [5.41, 5.74) is 10.3. The number of hydrogen-bond donors (Lipinski definition) is 2. The third-order valence-electron chi connectivity index (χ3n) is 4.45. The van der Waals surface area contributed by atoms with Crippen molar-refractivity contribution in [3.05, 3.63) is 0 Å². The highest BCUT2D eigenvalue weighted by atomic mass is 16.1. The van der Waals surface area contributed by atoms with E-state index in [1.165, 1.54) is 32.1 Å². The third-order valence-corrected chi connectivity index (χ3v) is 4.45. The van der Waals surface area contributed by atoms with Gasteiger partial charge in [0.1, 0.15) is 0 Å².